The number of hydrazine groups is 1. The van der Waals surface area contributed by atoms with E-state index in [1.54, 1.807) is 65.5 Å². The van der Waals surface area contributed by atoms with Crippen molar-refractivity contribution in [2.45, 2.75) is 26.2 Å². The van der Waals surface area contributed by atoms with Crippen LogP contribution in [0.3, 0.4) is 0 Å². The standard InChI is InChI=1S/C36H38N6O6/c1-36(2,3)25-9-10-27-31(19-25)48-17-14-41(34(27)45)29-7-5-6-26(28(29)22-43)24-18-30(35(46)39(4)21-24)42(37)32-11-8-23(20-38-32)33(44)40-12-15-47-16-13-40/h5-11,18-22H,12-17,37H2,1-4H3. The zero-order valence-corrected chi connectivity index (χ0v) is 27.4. The SMILES string of the molecule is Cn1cc(-c2cccc(N3CCOc4cc(C(C)(C)C)ccc4C3=O)c2C=O)cc(N(N)c2ccc(C(=O)N3CCOCC3)cn2)c1=O. The predicted molar refractivity (Wildman–Crippen MR) is 182 cm³/mol. The van der Waals surface area contributed by atoms with Crippen LogP contribution in [0.4, 0.5) is 17.2 Å². The smallest absolute Gasteiger partial charge is 0.275 e. The molecule has 1 fully saturated rings. The molecule has 2 aliphatic rings. The average molecular weight is 651 g/mol. The van der Waals surface area contributed by atoms with E-state index in [1.165, 1.54) is 10.8 Å². The molecule has 0 spiro atoms. The zero-order valence-electron chi connectivity index (χ0n) is 27.4. The van der Waals surface area contributed by atoms with E-state index in [1.807, 2.05) is 12.1 Å². The summed E-state index contributed by atoms with van der Waals surface area (Å²) in [6, 6.07) is 15.6. The molecule has 1 saturated heterocycles. The number of rotatable bonds is 6. The van der Waals surface area contributed by atoms with Gasteiger partial charge in [0.2, 0.25) is 0 Å². The number of fused-ring (bicyclic) bond motifs is 1. The van der Waals surface area contributed by atoms with Gasteiger partial charge < -0.3 is 23.8 Å². The number of amides is 2. The number of nitrogens with two attached hydrogens (primary N) is 1. The third-order valence-corrected chi connectivity index (χ3v) is 8.66. The lowest BCUT2D eigenvalue weighted by Gasteiger charge is -2.27. The highest BCUT2D eigenvalue weighted by molar-refractivity contribution is 6.11. The number of pyridine rings is 2. The van der Waals surface area contributed by atoms with Gasteiger partial charge in [0.05, 0.1) is 36.6 Å². The molecular weight excluding hydrogens is 612 g/mol. The molecule has 0 aliphatic carbocycles. The fraction of sp³-hybridized carbons (Fsp3) is 0.306. The molecule has 0 unspecified atom stereocenters. The number of hydrogen-bond acceptors (Lipinski definition) is 9. The molecule has 4 heterocycles. The molecule has 6 rings (SSSR count). The molecular formula is C36H38N6O6. The first-order valence-electron chi connectivity index (χ1n) is 15.7. The van der Waals surface area contributed by atoms with Crippen molar-refractivity contribution in [3.63, 3.8) is 0 Å². The molecule has 2 N–H and O–H groups in total. The van der Waals surface area contributed by atoms with Crippen molar-refractivity contribution in [1.29, 1.82) is 0 Å². The summed E-state index contributed by atoms with van der Waals surface area (Å²) in [5, 5.41) is 1.15. The minimum absolute atomic E-state index is 0.0971. The van der Waals surface area contributed by atoms with Gasteiger partial charge in [0.15, 0.2) is 6.29 Å². The van der Waals surface area contributed by atoms with Crippen LogP contribution in [0.1, 0.15) is 57.4 Å². The van der Waals surface area contributed by atoms with Crippen molar-refractivity contribution in [2.24, 2.45) is 12.9 Å². The van der Waals surface area contributed by atoms with E-state index in [-0.39, 0.29) is 47.4 Å². The zero-order chi connectivity index (χ0) is 34.2. The second-order valence-electron chi connectivity index (χ2n) is 12.8. The second-order valence-corrected chi connectivity index (χ2v) is 12.8. The van der Waals surface area contributed by atoms with Crippen LogP contribution in [0.2, 0.25) is 0 Å². The predicted octanol–water partition coefficient (Wildman–Crippen LogP) is 4.08. The van der Waals surface area contributed by atoms with Crippen molar-refractivity contribution in [3.8, 4) is 16.9 Å². The maximum Gasteiger partial charge on any atom is 0.275 e. The molecule has 12 nitrogen and oxygen atoms in total. The van der Waals surface area contributed by atoms with Gasteiger partial charge in [-0.05, 0) is 52.9 Å². The third-order valence-electron chi connectivity index (χ3n) is 8.66. The Morgan fingerprint density at radius 3 is 2.44 bits per heavy atom. The molecule has 12 heteroatoms. The number of aryl methyl sites for hydroxylation is 1. The number of aromatic nitrogens is 2. The Balaban J connectivity index is 1.33. The quantitative estimate of drug-likeness (QED) is 0.186. The largest absolute Gasteiger partial charge is 0.491 e. The summed E-state index contributed by atoms with van der Waals surface area (Å²) in [6.45, 7) is 8.73. The average Bonchev–Trinajstić information content (AvgIpc) is 3.26. The maximum absolute atomic E-state index is 13.9. The summed E-state index contributed by atoms with van der Waals surface area (Å²) in [6.07, 6.45) is 3.75. The summed E-state index contributed by atoms with van der Waals surface area (Å²) in [5.41, 5.74) is 3.17. The number of benzene rings is 2. The van der Waals surface area contributed by atoms with Crippen molar-refractivity contribution in [1.82, 2.24) is 14.5 Å². The molecule has 48 heavy (non-hydrogen) atoms. The Labute approximate surface area is 278 Å². The number of carbonyl (C=O) groups excluding carboxylic acids is 3. The first kappa shape index (κ1) is 32.6. The van der Waals surface area contributed by atoms with Gasteiger partial charge in [-0.1, -0.05) is 39.0 Å². The Kier molecular flexibility index (Phi) is 8.87. The Bertz CT molecular complexity index is 1940. The lowest BCUT2D eigenvalue weighted by atomic mass is 9.86. The topological polar surface area (TPSA) is 140 Å². The number of morpholine rings is 1. The van der Waals surface area contributed by atoms with Crippen LogP contribution in [0.25, 0.3) is 11.1 Å². The fourth-order valence-electron chi connectivity index (χ4n) is 5.91. The van der Waals surface area contributed by atoms with Gasteiger partial charge >= 0.3 is 0 Å². The third kappa shape index (κ3) is 6.19. The van der Waals surface area contributed by atoms with Gasteiger partial charge in [0.25, 0.3) is 17.4 Å². The molecule has 0 saturated carbocycles. The minimum atomic E-state index is -0.397. The molecule has 2 aliphatic heterocycles. The van der Waals surface area contributed by atoms with E-state index in [0.717, 1.165) is 10.6 Å². The highest BCUT2D eigenvalue weighted by atomic mass is 16.5. The van der Waals surface area contributed by atoms with Gasteiger partial charge in [-0.25, -0.2) is 10.8 Å². The molecule has 2 aromatic heterocycles. The van der Waals surface area contributed by atoms with Gasteiger partial charge in [-0.2, -0.15) is 0 Å². The van der Waals surface area contributed by atoms with Crippen LogP contribution in [-0.4, -0.2) is 72.0 Å². The van der Waals surface area contributed by atoms with Crippen molar-refractivity contribution in [2.75, 3.05) is 49.4 Å². The summed E-state index contributed by atoms with van der Waals surface area (Å²) in [7, 11) is 1.59. The molecule has 2 aromatic carbocycles. The van der Waals surface area contributed by atoms with E-state index < -0.39 is 5.56 Å². The van der Waals surface area contributed by atoms with E-state index in [4.69, 9.17) is 15.3 Å². The summed E-state index contributed by atoms with van der Waals surface area (Å²) >= 11 is 0. The van der Waals surface area contributed by atoms with Crippen LogP contribution in [0.15, 0.2) is 71.8 Å². The molecule has 0 atom stereocenters. The van der Waals surface area contributed by atoms with Crippen molar-refractivity contribution in [3.05, 3.63) is 99.6 Å². The number of ether oxygens (including phenoxy) is 2. The number of hydrogen-bond donors (Lipinski definition) is 1. The molecule has 0 radical (unpaired) electrons. The normalized spacial score (nSPS) is 15.0. The first-order valence-corrected chi connectivity index (χ1v) is 15.7. The number of nitrogens with zero attached hydrogens (tertiary/aromatic N) is 5. The van der Waals surface area contributed by atoms with Crippen LogP contribution in [0, 0.1) is 0 Å². The van der Waals surface area contributed by atoms with E-state index in [9.17, 15) is 19.2 Å². The highest BCUT2D eigenvalue weighted by Gasteiger charge is 2.29. The maximum atomic E-state index is 13.9. The number of carbonyl (C=O) groups is 3. The lowest BCUT2D eigenvalue weighted by Crippen LogP contribution is -2.40. The van der Waals surface area contributed by atoms with Crippen LogP contribution in [0.5, 0.6) is 5.75 Å². The molecule has 0 bridgehead atoms. The van der Waals surface area contributed by atoms with Crippen molar-refractivity contribution >= 4 is 35.3 Å². The second kappa shape index (κ2) is 13.1. The fourth-order valence-corrected chi connectivity index (χ4v) is 5.91. The first-order chi connectivity index (χ1) is 23.0. The summed E-state index contributed by atoms with van der Waals surface area (Å²) in [5.74, 6) is 6.77. The van der Waals surface area contributed by atoms with Gasteiger partial charge in [0.1, 0.15) is 23.9 Å². The molecule has 2 amide bonds. The van der Waals surface area contributed by atoms with Crippen LogP contribution in [-0.2, 0) is 17.2 Å². The number of aldehydes is 1. The van der Waals surface area contributed by atoms with E-state index >= 15 is 0 Å². The highest BCUT2D eigenvalue weighted by Crippen LogP contribution is 2.36. The summed E-state index contributed by atoms with van der Waals surface area (Å²) < 4.78 is 12.7. The Hall–Kier alpha value is -5.33. The monoisotopic (exact) mass is 650 g/mol. The van der Waals surface area contributed by atoms with E-state index in [2.05, 4.69) is 25.8 Å². The number of anilines is 3. The van der Waals surface area contributed by atoms with Gasteiger partial charge in [-0.15, -0.1) is 0 Å². The Morgan fingerprint density at radius 2 is 1.75 bits per heavy atom. The Morgan fingerprint density at radius 1 is 0.979 bits per heavy atom. The van der Waals surface area contributed by atoms with Gasteiger partial charge in [0, 0.05) is 43.7 Å². The molecule has 4 aromatic rings. The minimum Gasteiger partial charge on any atom is -0.491 e. The summed E-state index contributed by atoms with van der Waals surface area (Å²) in [4.78, 5) is 60.4. The van der Waals surface area contributed by atoms with Crippen LogP contribution < -0.4 is 26.0 Å². The van der Waals surface area contributed by atoms with Crippen molar-refractivity contribution < 1.29 is 23.9 Å². The van der Waals surface area contributed by atoms with Gasteiger partial charge in [-0.3, -0.25) is 24.2 Å². The lowest BCUT2D eigenvalue weighted by molar-refractivity contribution is 0.0302. The van der Waals surface area contributed by atoms with Crippen LogP contribution >= 0.6 is 0 Å². The molecule has 248 valence electrons. The van der Waals surface area contributed by atoms with E-state index in [0.29, 0.717) is 66.3 Å².